The van der Waals surface area contributed by atoms with Crippen LogP contribution in [0.4, 0.5) is 0 Å². The van der Waals surface area contributed by atoms with Gasteiger partial charge in [-0.2, -0.15) is 11.4 Å². The number of carbonyl (C=O) groups is 4. The fourth-order valence-electron chi connectivity index (χ4n) is 4.79. The van der Waals surface area contributed by atoms with E-state index in [1.165, 1.54) is 20.1 Å². The van der Waals surface area contributed by atoms with Gasteiger partial charge in [0, 0.05) is 50.5 Å². The maximum Gasteiger partial charge on any atom is 0.313 e. The summed E-state index contributed by atoms with van der Waals surface area (Å²) < 4.78 is 11.1. The third kappa shape index (κ3) is 17.0. The van der Waals surface area contributed by atoms with Crippen LogP contribution in [0.2, 0.25) is 5.02 Å². The molecule has 11 nitrogen and oxygen atoms in total. The van der Waals surface area contributed by atoms with Crippen LogP contribution in [0.1, 0.15) is 65.5 Å². The summed E-state index contributed by atoms with van der Waals surface area (Å²) >= 11 is 7.27. The van der Waals surface area contributed by atoms with Gasteiger partial charge in [0.2, 0.25) is 17.7 Å². The Bertz CT molecular complexity index is 1550. The number of aromatic nitrogens is 1. The van der Waals surface area contributed by atoms with Crippen molar-refractivity contribution >= 4 is 58.1 Å². The average Bonchev–Trinajstić information content (AvgIpc) is 3.09. The lowest BCUT2D eigenvalue weighted by Crippen LogP contribution is -2.50. The van der Waals surface area contributed by atoms with Gasteiger partial charge >= 0.3 is 5.97 Å². The second kappa shape index (κ2) is 22.8. The number of hydrogen-bond acceptors (Lipinski definition) is 8. The first-order valence-corrected chi connectivity index (χ1v) is 18.9. The number of amides is 3. The van der Waals surface area contributed by atoms with Crippen molar-refractivity contribution in [3.05, 3.63) is 77.1 Å². The van der Waals surface area contributed by atoms with Crippen LogP contribution in [0.15, 0.2) is 61.0 Å². The van der Waals surface area contributed by atoms with E-state index < -0.39 is 41.4 Å². The van der Waals surface area contributed by atoms with Crippen LogP contribution in [-0.2, 0) is 30.3 Å². The van der Waals surface area contributed by atoms with E-state index in [-0.39, 0.29) is 37.1 Å². The average molecular weight is 759 g/mol. The lowest BCUT2D eigenvalue weighted by Gasteiger charge is -2.27. The number of nitrogens with zero attached hydrogens (tertiary/aromatic N) is 1. The van der Waals surface area contributed by atoms with Crippen LogP contribution >= 0.6 is 23.0 Å². The summed E-state index contributed by atoms with van der Waals surface area (Å²) in [5.74, 6) is -0.321. The van der Waals surface area contributed by atoms with E-state index in [4.69, 9.17) is 21.1 Å². The predicted molar refractivity (Wildman–Crippen MR) is 211 cm³/mol. The molecule has 1 aromatic heterocycles. The van der Waals surface area contributed by atoms with E-state index in [0.717, 1.165) is 16.9 Å². The fraction of sp³-hybridized carbons (Fsp3) is 0.487. The van der Waals surface area contributed by atoms with Crippen molar-refractivity contribution in [2.45, 2.75) is 79.1 Å². The second-order valence-corrected chi connectivity index (χ2v) is 15.2. The van der Waals surface area contributed by atoms with Gasteiger partial charge in [0.05, 0.1) is 23.7 Å². The molecule has 3 amide bonds. The first-order valence-electron chi connectivity index (χ1n) is 17.4. The molecule has 0 spiro atoms. The highest BCUT2D eigenvalue weighted by atomic mass is 35.5. The lowest BCUT2D eigenvalue weighted by atomic mass is 9.93. The molecule has 0 aliphatic heterocycles. The molecular formula is C39H55ClN4O7S. The van der Waals surface area contributed by atoms with Crippen LogP contribution in [0.5, 0.6) is 5.75 Å². The number of pyridine rings is 1. The number of aliphatic hydroxyl groups is 1. The van der Waals surface area contributed by atoms with Gasteiger partial charge in [0.15, 0.2) is 0 Å². The van der Waals surface area contributed by atoms with Gasteiger partial charge in [-0.1, -0.05) is 56.7 Å². The SMILES string of the molecule is COc1ccc(C[C@@H](NC(=O)/C=C/C[C@H](O)[C@H](C)/C=C/c2ccncc2)C(=O)NCC(C)(C)C(=O)O[C@H](C=[SH]CCNC(C)=O)CC(C)C)cc1Cl. The summed E-state index contributed by atoms with van der Waals surface area (Å²) in [5, 5.41) is 21.3. The van der Waals surface area contributed by atoms with Crippen LogP contribution in [-0.4, -0.2) is 83.4 Å². The smallest absolute Gasteiger partial charge is 0.313 e. The number of carbonyl (C=O) groups excluding carboxylic acids is 4. The second-order valence-electron chi connectivity index (χ2n) is 13.7. The van der Waals surface area contributed by atoms with Crippen molar-refractivity contribution in [2.75, 3.05) is 26.0 Å². The first kappa shape index (κ1) is 44.2. The van der Waals surface area contributed by atoms with Crippen molar-refractivity contribution in [3.8, 4) is 5.75 Å². The highest BCUT2D eigenvalue weighted by Crippen LogP contribution is 2.26. The molecule has 0 saturated carbocycles. The number of ether oxygens (including phenoxy) is 2. The van der Waals surface area contributed by atoms with Gasteiger partial charge in [-0.05, 0) is 79.4 Å². The molecule has 0 aliphatic carbocycles. The minimum Gasteiger partial charge on any atom is -0.495 e. The van der Waals surface area contributed by atoms with E-state index in [1.54, 1.807) is 50.5 Å². The molecule has 52 heavy (non-hydrogen) atoms. The Morgan fingerprint density at radius 2 is 1.79 bits per heavy atom. The summed E-state index contributed by atoms with van der Waals surface area (Å²) in [4.78, 5) is 55.1. The van der Waals surface area contributed by atoms with Crippen molar-refractivity contribution in [2.24, 2.45) is 17.3 Å². The molecule has 0 radical (unpaired) electrons. The Morgan fingerprint density at radius 3 is 2.42 bits per heavy atom. The standard InChI is InChI=1S/C39H55ClN4O7S/c1-26(2)21-31(24-52-20-19-42-28(4)45)51-38(49)39(5,6)25-43-37(48)33(23-30-13-14-35(50-7)32(40)22-30)44-36(47)10-8-9-34(46)27(3)11-12-29-15-17-41-18-16-29/h8,10-18,22,24,26-27,31,33-34,46,52H,9,19-21,23,25H2,1-7H3,(H,42,45)(H,43,48)(H,44,47)/b10-8+,12-11+/t27-,31+,33-,34+/m1/s1. The molecule has 0 bridgehead atoms. The van der Waals surface area contributed by atoms with E-state index in [9.17, 15) is 24.3 Å². The number of rotatable bonds is 21. The Balaban J connectivity index is 2.10. The molecule has 0 saturated heterocycles. The quantitative estimate of drug-likeness (QED) is 0.0395. The van der Waals surface area contributed by atoms with Gasteiger partial charge in [-0.3, -0.25) is 24.2 Å². The van der Waals surface area contributed by atoms with E-state index >= 15 is 0 Å². The highest BCUT2D eigenvalue weighted by Gasteiger charge is 2.33. The molecule has 1 aromatic carbocycles. The van der Waals surface area contributed by atoms with E-state index in [0.29, 0.717) is 35.1 Å². The zero-order chi connectivity index (χ0) is 38.7. The van der Waals surface area contributed by atoms with Crippen LogP contribution < -0.4 is 20.7 Å². The van der Waals surface area contributed by atoms with Crippen molar-refractivity contribution in [1.82, 2.24) is 20.9 Å². The summed E-state index contributed by atoms with van der Waals surface area (Å²) in [6.07, 6.45) is 9.85. The van der Waals surface area contributed by atoms with Crippen LogP contribution in [0, 0.1) is 17.3 Å². The molecule has 2 rings (SSSR count). The molecule has 2 aromatic rings. The molecule has 0 fully saturated rings. The number of esters is 1. The third-order valence-electron chi connectivity index (χ3n) is 7.95. The van der Waals surface area contributed by atoms with E-state index in [1.807, 2.05) is 50.4 Å². The van der Waals surface area contributed by atoms with Gasteiger partial charge in [0.1, 0.15) is 17.9 Å². The summed E-state index contributed by atoms with van der Waals surface area (Å²) in [5.41, 5.74) is 0.568. The maximum atomic E-state index is 13.6. The molecule has 13 heteroatoms. The number of aliphatic hydroxyl groups excluding tert-OH is 1. The Kier molecular flexibility index (Phi) is 19.4. The summed E-state index contributed by atoms with van der Waals surface area (Å²) in [7, 11) is 1.50. The largest absolute Gasteiger partial charge is 0.495 e. The van der Waals surface area contributed by atoms with Gasteiger partial charge in [-0.15, -0.1) is 0 Å². The molecule has 4 N–H and O–H groups in total. The number of thiol groups is 1. The van der Waals surface area contributed by atoms with Crippen molar-refractivity contribution in [1.29, 1.82) is 0 Å². The molecule has 286 valence electrons. The minimum absolute atomic E-state index is 0.0397. The monoisotopic (exact) mass is 758 g/mol. The molecule has 0 unspecified atom stereocenters. The zero-order valence-corrected chi connectivity index (χ0v) is 32.9. The van der Waals surface area contributed by atoms with Gasteiger partial charge in [-0.25, -0.2) is 0 Å². The molecular weight excluding hydrogens is 704 g/mol. The molecule has 1 heterocycles. The maximum absolute atomic E-state index is 13.6. The Labute approximate surface area is 316 Å². The number of halogens is 1. The summed E-state index contributed by atoms with van der Waals surface area (Å²) in [6, 6.07) is 7.83. The summed E-state index contributed by atoms with van der Waals surface area (Å²) in [6.45, 7) is 11.3. The van der Waals surface area contributed by atoms with Crippen LogP contribution in [0.25, 0.3) is 6.08 Å². The number of methoxy groups -OCH3 is 1. The zero-order valence-electron chi connectivity index (χ0n) is 31.2. The lowest BCUT2D eigenvalue weighted by molar-refractivity contribution is -0.156. The Morgan fingerprint density at radius 1 is 1.08 bits per heavy atom. The number of nitrogens with one attached hydrogen (secondary N) is 3. The number of benzene rings is 1. The fourth-order valence-corrected chi connectivity index (χ4v) is 5.88. The Hall–Kier alpha value is -4.00. The number of hydrogen-bond donors (Lipinski definition) is 5. The van der Waals surface area contributed by atoms with Crippen molar-refractivity contribution < 1.29 is 33.8 Å². The third-order valence-corrected chi connectivity index (χ3v) is 9.27. The van der Waals surface area contributed by atoms with E-state index in [2.05, 4.69) is 20.9 Å². The van der Waals surface area contributed by atoms with Gasteiger partial charge < -0.3 is 30.5 Å². The first-order chi connectivity index (χ1) is 24.6. The predicted octanol–water partition coefficient (Wildman–Crippen LogP) is 4.93. The highest BCUT2D eigenvalue weighted by molar-refractivity contribution is 7.97. The van der Waals surface area contributed by atoms with Crippen molar-refractivity contribution in [3.63, 3.8) is 0 Å². The van der Waals surface area contributed by atoms with Gasteiger partial charge in [0.25, 0.3) is 0 Å². The topological polar surface area (TPSA) is 156 Å². The van der Waals surface area contributed by atoms with Crippen LogP contribution in [0.3, 0.4) is 0 Å². The normalized spacial score (nSPS) is 14.4. The molecule has 0 aliphatic rings. The minimum atomic E-state index is -1.08. The molecule has 4 atom stereocenters.